The summed E-state index contributed by atoms with van der Waals surface area (Å²) in [5.41, 5.74) is 2.28. The predicted octanol–water partition coefficient (Wildman–Crippen LogP) is 3.65. The predicted molar refractivity (Wildman–Crippen MR) is 79.4 cm³/mol. The van der Waals surface area contributed by atoms with Gasteiger partial charge in [-0.15, -0.1) is 0 Å². The van der Waals surface area contributed by atoms with Crippen molar-refractivity contribution in [3.63, 3.8) is 0 Å². The lowest BCUT2D eigenvalue weighted by atomic mass is 9.87. The molecule has 0 saturated heterocycles. The summed E-state index contributed by atoms with van der Waals surface area (Å²) in [5.74, 6) is 1.67. The van der Waals surface area contributed by atoms with Crippen molar-refractivity contribution >= 4 is 5.78 Å². The van der Waals surface area contributed by atoms with E-state index in [4.69, 9.17) is 9.47 Å². The van der Waals surface area contributed by atoms with E-state index in [0.717, 1.165) is 12.0 Å². The number of allylic oxidation sites excluding steroid dienone is 4. The van der Waals surface area contributed by atoms with E-state index in [9.17, 15) is 4.79 Å². The lowest BCUT2D eigenvalue weighted by molar-refractivity contribution is -0.117. The van der Waals surface area contributed by atoms with E-state index in [1.807, 2.05) is 18.2 Å². The van der Waals surface area contributed by atoms with Crippen LogP contribution in [0.3, 0.4) is 0 Å². The lowest BCUT2D eigenvalue weighted by Crippen LogP contribution is -2.06. The van der Waals surface area contributed by atoms with Crippen molar-refractivity contribution in [3.8, 4) is 11.5 Å². The van der Waals surface area contributed by atoms with Crippen LogP contribution in [0.15, 0.2) is 42.0 Å². The zero-order chi connectivity index (χ0) is 14.5. The number of Topliss-reactive ketones (excluding diaryl/α,β-unsaturated/α-hetero) is 1. The van der Waals surface area contributed by atoms with E-state index in [-0.39, 0.29) is 11.7 Å². The van der Waals surface area contributed by atoms with E-state index in [1.54, 1.807) is 21.1 Å². The molecule has 0 bridgehead atoms. The van der Waals surface area contributed by atoms with E-state index < -0.39 is 0 Å². The van der Waals surface area contributed by atoms with Gasteiger partial charge in [-0.05, 0) is 36.6 Å². The minimum Gasteiger partial charge on any atom is -0.493 e. The molecule has 1 unspecified atom stereocenters. The third-order valence-electron chi connectivity index (χ3n) is 3.50. The quantitative estimate of drug-likeness (QED) is 0.793. The van der Waals surface area contributed by atoms with Crippen LogP contribution >= 0.6 is 0 Å². The highest BCUT2D eigenvalue weighted by Crippen LogP contribution is 2.36. The standard InChI is InChI=1S/C17H20O3/c1-12(18)10-15(13-6-4-5-7-13)14-8-9-16(19-2)17(11-14)20-3/h4,6-9,11,15H,5,10H2,1-3H3. The number of carbonyl (C=O) groups excluding carboxylic acids is 1. The molecule has 0 spiro atoms. The van der Waals surface area contributed by atoms with Crippen molar-refractivity contribution < 1.29 is 14.3 Å². The van der Waals surface area contributed by atoms with Gasteiger partial charge in [0.2, 0.25) is 0 Å². The molecule has 0 aliphatic heterocycles. The van der Waals surface area contributed by atoms with Gasteiger partial charge in [0.05, 0.1) is 14.2 Å². The summed E-state index contributed by atoms with van der Waals surface area (Å²) in [6, 6.07) is 5.85. The van der Waals surface area contributed by atoms with Crippen LogP contribution < -0.4 is 9.47 Å². The molecule has 2 rings (SSSR count). The van der Waals surface area contributed by atoms with Crippen molar-refractivity contribution in [1.82, 2.24) is 0 Å². The average Bonchev–Trinajstić information content (AvgIpc) is 2.97. The minimum atomic E-state index is 0.0889. The van der Waals surface area contributed by atoms with Crippen molar-refractivity contribution in [2.24, 2.45) is 0 Å². The zero-order valence-electron chi connectivity index (χ0n) is 12.2. The fourth-order valence-corrected chi connectivity index (χ4v) is 2.52. The number of benzene rings is 1. The van der Waals surface area contributed by atoms with Crippen LogP contribution in [0.5, 0.6) is 11.5 Å². The first-order chi connectivity index (χ1) is 9.65. The highest BCUT2D eigenvalue weighted by molar-refractivity contribution is 5.77. The topological polar surface area (TPSA) is 35.5 Å². The second kappa shape index (κ2) is 6.42. The molecule has 0 amide bonds. The highest BCUT2D eigenvalue weighted by Gasteiger charge is 2.20. The number of ether oxygens (including phenoxy) is 2. The maximum absolute atomic E-state index is 11.6. The van der Waals surface area contributed by atoms with Crippen LogP contribution in [-0.4, -0.2) is 20.0 Å². The number of hydrogen-bond donors (Lipinski definition) is 0. The van der Waals surface area contributed by atoms with Gasteiger partial charge in [0.1, 0.15) is 5.78 Å². The largest absolute Gasteiger partial charge is 0.493 e. The van der Waals surface area contributed by atoms with E-state index >= 15 is 0 Å². The summed E-state index contributed by atoms with van der Waals surface area (Å²) < 4.78 is 10.6. The van der Waals surface area contributed by atoms with Gasteiger partial charge < -0.3 is 9.47 Å². The van der Waals surface area contributed by atoms with E-state index in [2.05, 4.69) is 18.2 Å². The van der Waals surface area contributed by atoms with Gasteiger partial charge in [-0.1, -0.05) is 24.3 Å². The molecular formula is C17H20O3. The first-order valence-corrected chi connectivity index (χ1v) is 6.73. The Morgan fingerprint density at radius 1 is 1.25 bits per heavy atom. The first kappa shape index (κ1) is 14.4. The SMILES string of the molecule is COc1ccc(C(CC(C)=O)C2=CCC=C2)cc1OC. The highest BCUT2D eigenvalue weighted by atomic mass is 16.5. The molecule has 1 aromatic carbocycles. The molecule has 3 nitrogen and oxygen atoms in total. The number of ketones is 1. The molecule has 0 heterocycles. The first-order valence-electron chi connectivity index (χ1n) is 6.73. The van der Waals surface area contributed by atoms with Gasteiger partial charge in [-0.3, -0.25) is 4.79 Å². The number of hydrogen-bond acceptors (Lipinski definition) is 3. The zero-order valence-corrected chi connectivity index (χ0v) is 12.2. The summed E-state index contributed by atoms with van der Waals surface area (Å²) in [6.07, 6.45) is 7.83. The molecule has 20 heavy (non-hydrogen) atoms. The third kappa shape index (κ3) is 3.10. The normalized spacial score (nSPS) is 14.8. The summed E-state index contributed by atoms with van der Waals surface area (Å²) in [6.45, 7) is 1.63. The van der Waals surface area contributed by atoms with Gasteiger partial charge >= 0.3 is 0 Å². The monoisotopic (exact) mass is 272 g/mol. The number of carbonyl (C=O) groups is 1. The van der Waals surface area contributed by atoms with E-state index in [0.29, 0.717) is 17.9 Å². The molecule has 0 saturated carbocycles. The molecule has 0 radical (unpaired) electrons. The van der Waals surface area contributed by atoms with Crippen LogP contribution in [0.25, 0.3) is 0 Å². The Balaban J connectivity index is 2.37. The van der Waals surface area contributed by atoms with Crippen LogP contribution in [0.4, 0.5) is 0 Å². The molecule has 1 aliphatic carbocycles. The lowest BCUT2D eigenvalue weighted by Gasteiger charge is -2.18. The van der Waals surface area contributed by atoms with Crippen LogP contribution in [0, 0.1) is 0 Å². The van der Waals surface area contributed by atoms with Gasteiger partial charge in [0, 0.05) is 12.3 Å². The van der Waals surface area contributed by atoms with Gasteiger partial charge in [0.25, 0.3) is 0 Å². The Hall–Kier alpha value is -2.03. The molecule has 1 atom stereocenters. The molecule has 3 heteroatoms. The minimum absolute atomic E-state index is 0.0889. The third-order valence-corrected chi connectivity index (χ3v) is 3.50. The second-order valence-corrected chi connectivity index (χ2v) is 4.92. The van der Waals surface area contributed by atoms with E-state index in [1.165, 1.54) is 5.57 Å². The maximum atomic E-state index is 11.6. The second-order valence-electron chi connectivity index (χ2n) is 4.92. The van der Waals surface area contributed by atoms with Gasteiger partial charge in [-0.25, -0.2) is 0 Å². The smallest absolute Gasteiger partial charge is 0.161 e. The van der Waals surface area contributed by atoms with Crippen molar-refractivity contribution in [3.05, 3.63) is 47.6 Å². The number of rotatable bonds is 6. The van der Waals surface area contributed by atoms with Crippen LogP contribution in [0.2, 0.25) is 0 Å². The van der Waals surface area contributed by atoms with Gasteiger partial charge in [-0.2, -0.15) is 0 Å². The van der Waals surface area contributed by atoms with Crippen molar-refractivity contribution in [2.75, 3.05) is 14.2 Å². The molecular weight excluding hydrogens is 252 g/mol. The van der Waals surface area contributed by atoms with Crippen LogP contribution in [0.1, 0.15) is 31.2 Å². The Morgan fingerprint density at radius 2 is 2.00 bits per heavy atom. The molecule has 1 aliphatic rings. The Morgan fingerprint density at radius 3 is 2.55 bits per heavy atom. The maximum Gasteiger partial charge on any atom is 0.161 e. The molecule has 1 aromatic rings. The van der Waals surface area contributed by atoms with Crippen molar-refractivity contribution in [1.29, 1.82) is 0 Å². The molecule has 106 valence electrons. The molecule has 0 fully saturated rings. The number of methoxy groups -OCH3 is 2. The summed E-state index contributed by atoms with van der Waals surface area (Å²) in [4.78, 5) is 11.6. The van der Waals surface area contributed by atoms with Crippen LogP contribution in [-0.2, 0) is 4.79 Å². The Labute approximate surface area is 119 Å². The summed E-state index contributed by atoms with van der Waals surface area (Å²) in [5, 5.41) is 0. The fourth-order valence-electron chi connectivity index (χ4n) is 2.52. The molecule has 0 N–H and O–H groups in total. The Kier molecular flexibility index (Phi) is 4.61. The average molecular weight is 272 g/mol. The molecule has 0 aromatic heterocycles. The summed E-state index contributed by atoms with van der Waals surface area (Å²) in [7, 11) is 3.24. The van der Waals surface area contributed by atoms with Crippen molar-refractivity contribution in [2.45, 2.75) is 25.7 Å². The van der Waals surface area contributed by atoms with Gasteiger partial charge in [0.15, 0.2) is 11.5 Å². The summed E-state index contributed by atoms with van der Waals surface area (Å²) >= 11 is 0. The fraction of sp³-hybridized carbons (Fsp3) is 0.353. The Bertz CT molecular complexity index is 555.